The first-order valence-electron chi connectivity index (χ1n) is 6.20. The van der Waals surface area contributed by atoms with E-state index in [1.165, 1.54) is 0 Å². The summed E-state index contributed by atoms with van der Waals surface area (Å²) in [5.41, 5.74) is 2.20. The van der Waals surface area contributed by atoms with Gasteiger partial charge in [-0.05, 0) is 19.1 Å². The number of hydrogen-bond donors (Lipinski definition) is 2. The van der Waals surface area contributed by atoms with Crippen molar-refractivity contribution in [1.82, 2.24) is 10.2 Å². The minimum atomic E-state index is -0.473. The van der Waals surface area contributed by atoms with E-state index in [-0.39, 0.29) is 18.1 Å². The number of fused-ring (bicyclic) bond motifs is 1. The van der Waals surface area contributed by atoms with Gasteiger partial charge < -0.3 is 5.32 Å². The van der Waals surface area contributed by atoms with Crippen LogP contribution >= 0.6 is 15.9 Å². The van der Waals surface area contributed by atoms with Gasteiger partial charge in [-0.2, -0.15) is 5.10 Å². The maximum Gasteiger partial charge on any atom is 0.226 e. The fraction of sp³-hybridized carbons (Fsp3) is 0.214. The van der Waals surface area contributed by atoms with Gasteiger partial charge in [-0.15, -0.1) is 0 Å². The Balaban J connectivity index is 2.01. The quantitative estimate of drug-likeness (QED) is 0.830. The average Bonchev–Trinajstić information content (AvgIpc) is 2.79. The molecule has 2 aromatic rings. The maximum atomic E-state index is 12.6. The number of ketones is 1. The van der Waals surface area contributed by atoms with Crippen molar-refractivity contribution in [2.45, 2.75) is 19.3 Å². The summed E-state index contributed by atoms with van der Waals surface area (Å²) in [6.45, 7) is 1.85. The fourth-order valence-electron chi connectivity index (χ4n) is 2.47. The smallest absolute Gasteiger partial charge is 0.226 e. The molecule has 0 saturated heterocycles. The molecule has 1 amide bonds. The molecule has 1 aliphatic rings. The number of rotatable bonds is 2. The number of carbonyl (C=O) groups is 2. The second kappa shape index (κ2) is 4.86. The lowest BCUT2D eigenvalue weighted by Crippen LogP contribution is -2.27. The van der Waals surface area contributed by atoms with Gasteiger partial charge in [-0.25, -0.2) is 0 Å². The Bertz CT molecular complexity index is 691. The predicted octanol–water partition coefficient (Wildman–Crippen LogP) is 2.79. The summed E-state index contributed by atoms with van der Waals surface area (Å²) in [7, 11) is 0. The van der Waals surface area contributed by atoms with Gasteiger partial charge in [0.25, 0.3) is 0 Å². The van der Waals surface area contributed by atoms with Crippen molar-refractivity contribution in [1.29, 1.82) is 0 Å². The Morgan fingerprint density at radius 2 is 2.05 bits per heavy atom. The Kier molecular flexibility index (Phi) is 3.17. The van der Waals surface area contributed by atoms with Gasteiger partial charge in [-0.1, -0.05) is 28.1 Å². The molecule has 2 heterocycles. The molecule has 0 fully saturated rings. The number of hydrogen-bond acceptors (Lipinski definition) is 3. The van der Waals surface area contributed by atoms with E-state index in [1.54, 1.807) is 12.1 Å². The van der Waals surface area contributed by atoms with Crippen molar-refractivity contribution in [2.75, 3.05) is 5.32 Å². The zero-order valence-corrected chi connectivity index (χ0v) is 12.3. The minimum Gasteiger partial charge on any atom is -0.309 e. The number of anilines is 1. The molecule has 0 unspecified atom stereocenters. The molecule has 5 nitrogen and oxygen atoms in total. The molecule has 2 N–H and O–H groups in total. The van der Waals surface area contributed by atoms with E-state index in [9.17, 15) is 9.59 Å². The minimum absolute atomic E-state index is 0.0573. The average molecular weight is 334 g/mol. The van der Waals surface area contributed by atoms with Gasteiger partial charge in [0.2, 0.25) is 5.91 Å². The van der Waals surface area contributed by atoms with Crippen LogP contribution in [0.4, 0.5) is 5.82 Å². The van der Waals surface area contributed by atoms with Crippen LogP contribution in [0.15, 0.2) is 28.7 Å². The summed E-state index contributed by atoms with van der Waals surface area (Å²) >= 11 is 3.34. The summed E-state index contributed by atoms with van der Waals surface area (Å²) in [6, 6.07) is 7.15. The number of carbonyl (C=O) groups excluding carboxylic acids is 2. The lowest BCUT2D eigenvalue weighted by Gasteiger charge is -2.21. The van der Waals surface area contributed by atoms with Gasteiger partial charge in [-0.3, -0.25) is 14.7 Å². The number of benzene rings is 1. The topological polar surface area (TPSA) is 74.8 Å². The monoisotopic (exact) mass is 333 g/mol. The van der Waals surface area contributed by atoms with Crippen LogP contribution in [0.1, 0.15) is 34.0 Å². The van der Waals surface area contributed by atoms with Crippen LogP contribution in [0.2, 0.25) is 0 Å². The molecule has 6 heteroatoms. The first-order valence-corrected chi connectivity index (χ1v) is 7.00. The molecule has 0 spiro atoms. The third kappa shape index (κ3) is 2.16. The molecular formula is C14H12BrN3O2. The second-order valence-electron chi connectivity index (χ2n) is 4.79. The predicted molar refractivity (Wildman–Crippen MR) is 77.8 cm³/mol. The van der Waals surface area contributed by atoms with E-state index in [2.05, 4.69) is 31.4 Å². The molecule has 1 atom stereocenters. The first-order chi connectivity index (χ1) is 9.56. The SMILES string of the molecule is Cc1[nH]nc2c1[C@H](C(=O)c1ccc(Br)cc1)CC(=O)N2. The molecule has 20 heavy (non-hydrogen) atoms. The van der Waals surface area contributed by atoms with Gasteiger partial charge in [0.1, 0.15) is 0 Å². The fourth-order valence-corrected chi connectivity index (χ4v) is 2.73. The molecule has 0 saturated carbocycles. The van der Waals surface area contributed by atoms with Gasteiger partial charge in [0, 0.05) is 27.7 Å². The van der Waals surface area contributed by atoms with Gasteiger partial charge in [0.05, 0.1) is 5.92 Å². The van der Waals surface area contributed by atoms with Gasteiger partial charge in [0.15, 0.2) is 11.6 Å². The number of H-pyrrole nitrogens is 1. The summed E-state index contributed by atoms with van der Waals surface area (Å²) in [4.78, 5) is 24.3. The lowest BCUT2D eigenvalue weighted by atomic mass is 9.85. The molecule has 0 radical (unpaired) electrons. The van der Waals surface area contributed by atoms with E-state index in [4.69, 9.17) is 0 Å². The van der Waals surface area contributed by atoms with E-state index in [0.29, 0.717) is 11.4 Å². The van der Waals surface area contributed by atoms with Crippen LogP contribution < -0.4 is 5.32 Å². The molecule has 3 rings (SSSR count). The number of amides is 1. The van der Waals surface area contributed by atoms with E-state index < -0.39 is 5.92 Å². The van der Waals surface area contributed by atoms with E-state index >= 15 is 0 Å². The molecule has 0 aliphatic carbocycles. The van der Waals surface area contributed by atoms with Crippen LogP contribution in [0, 0.1) is 6.92 Å². The Labute approximate surface area is 123 Å². The number of aryl methyl sites for hydroxylation is 1. The molecule has 1 aromatic carbocycles. The Hall–Kier alpha value is -1.95. The number of aromatic nitrogens is 2. The summed E-state index contributed by atoms with van der Waals surface area (Å²) < 4.78 is 0.913. The second-order valence-corrected chi connectivity index (χ2v) is 5.70. The van der Waals surface area contributed by atoms with Crippen LogP contribution in [0.25, 0.3) is 0 Å². The van der Waals surface area contributed by atoms with Crippen molar-refractivity contribution in [2.24, 2.45) is 0 Å². The van der Waals surface area contributed by atoms with Crippen molar-refractivity contribution >= 4 is 33.4 Å². The highest BCUT2D eigenvalue weighted by Gasteiger charge is 2.34. The van der Waals surface area contributed by atoms with Crippen LogP contribution in [0.5, 0.6) is 0 Å². The van der Waals surface area contributed by atoms with Crippen molar-refractivity contribution in [3.05, 3.63) is 45.6 Å². The molecule has 102 valence electrons. The number of halogens is 1. The number of nitrogens with zero attached hydrogens (tertiary/aromatic N) is 1. The number of aromatic amines is 1. The molecule has 1 aromatic heterocycles. The summed E-state index contributed by atoms with van der Waals surface area (Å²) in [5.74, 6) is -0.245. The van der Waals surface area contributed by atoms with Crippen LogP contribution in [-0.4, -0.2) is 21.9 Å². The van der Waals surface area contributed by atoms with Crippen molar-refractivity contribution in [3.8, 4) is 0 Å². The largest absolute Gasteiger partial charge is 0.309 e. The Morgan fingerprint density at radius 1 is 1.35 bits per heavy atom. The van der Waals surface area contributed by atoms with Crippen LogP contribution in [-0.2, 0) is 4.79 Å². The van der Waals surface area contributed by atoms with E-state index in [0.717, 1.165) is 15.7 Å². The first kappa shape index (κ1) is 13.1. The zero-order valence-electron chi connectivity index (χ0n) is 10.7. The number of nitrogens with one attached hydrogen (secondary N) is 2. The highest BCUT2D eigenvalue weighted by molar-refractivity contribution is 9.10. The highest BCUT2D eigenvalue weighted by Crippen LogP contribution is 2.35. The maximum absolute atomic E-state index is 12.6. The van der Waals surface area contributed by atoms with Crippen molar-refractivity contribution in [3.63, 3.8) is 0 Å². The third-order valence-corrected chi connectivity index (χ3v) is 3.96. The third-order valence-electron chi connectivity index (χ3n) is 3.44. The normalized spacial score (nSPS) is 17.5. The van der Waals surface area contributed by atoms with Crippen molar-refractivity contribution < 1.29 is 9.59 Å². The number of Topliss-reactive ketones (excluding diaryl/α,β-unsaturated/α-hetero) is 1. The zero-order chi connectivity index (χ0) is 14.3. The Morgan fingerprint density at radius 3 is 2.75 bits per heavy atom. The van der Waals surface area contributed by atoms with Crippen LogP contribution in [0.3, 0.4) is 0 Å². The molecular weight excluding hydrogens is 322 g/mol. The molecule has 0 bridgehead atoms. The summed E-state index contributed by atoms with van der Waals surface area (Å²) in [5, 5.41) is 9.54. The molecule has 1 aliphatic heterocycles. The van der Waals surface area contributed by atoms with E-state index in [1.807, 2.05) is 19.1 Å². The highest BCUT2D eigenvalue weighted by atomic mass is 79.9. The lowest BCUT2D eigenvalue weighted by molar-refractivity contribution is -0.116. The standard InChI is InChI=1S/C14H12BrN3O2/c1-7-12-10(6-11(19)16-14(12)18-17-7)13(20)8-2-4-9(15)5-3-8/h2-5,10H,6H2,1H3,(H2,16,17,18,19)/t10-/m1/s1. The van der Waals surface area contributed by atoms with Gasteiger partial charge >= 0.3 is 0 Å². The summed E-state index contributed by atoms with van der Waals surface area (Å²) in [6.07, 6.45) is 0.155.